The third-order valence-corrected chi connectivity index (χ3v) is 4.11. The van der Waals surface area contributed by atoms with Crippen molar-refractivity contribution in [2.45, 2.75) is 0 Å². The van der Waals surface area contributed by atoms with Crippen molar-refractivity contribution >= 4 is 57.0 Å². The van der Waals surface area contributed by atoms with Gasteiger partial charge in [-0.3, -0.25) is 4.79 Å². The summed E-state index contributed by atoms with van der Waals surface area (Å²) in [6, 6.07) is 4.98. The van der Waals surface area contributed by atoms with Crippen LogP contribution in [0.4, 0.5) is 5.69 Å². The number of H-pyrrole nitrogens is 1. The quantitative estimate of drug-likeness (QED) is 0.481. The van der Waals surface area contributed by atoms with Gasteiger partial charge in [0, 0.05) is 16.5 Å². The van der Waals surface area contributed by atoms with Crippen LogP contribution in [0.3, 0.4) is 0 Å². The fourth-order valence-corrected chi connectivity index (χ4v) is 2.80. The van der Waals surface area contributed by atoms with E-state index in [0.717, 1.165) is 17.8 Å². The third kappa shape index (κ3) is 3.17. The Morgan fingerprint density at radius 1 is 1.46 bits per heavy atom. The van der Waals surface area contributed by atoms with Gasteiger partial charge in [-0.1, -0.05) is 11.6 Å². The monoisotopic (exact) mass is 364 g/mol. The van der Waals surface area contributed by atoms with Gasteiger partial charge >= 0.3 is 5.97 Å². The number of amides is 1. The lowest BCUT2D eigenvalue weighted by molar-refractivity contribution is -0.135. The number of methoxy groups -OCH3 is 1. The molecule has 0 saturated heterocycles. The molecule has 24 heavy (non-hydrogen) atoms. The number of hydrogen-bond donors (Lipinski definition) is 2. The van der Waals surface area contributed by atoms with Crippen molar-refractivity contribution in [1.29, 1.82) is 0 Å². The fraction of sp³-hybridized carbons (Fsp3) is 0.0714. The summed E-state index contributed by atoms with van der Waals surface area (Å²) in [5.41, 5.74) is 0.808. The van der Waals surface area contributed by atoms with E-state index in [1.165, 1.54) is 7.11 Å². The van der Waals surface area contributed by atoms with E-state index >= 15 is 0 Å². The maximum Gasteiger partial charge on any atom is 0.331 e. The zero-order valence-electron chi connectivity index (χ0n) is 12.1. The molecule has 10 heteroatoms. The van der Waals surface area contributed by atoms with Gasteiger partial charge in [0.05, 0.1) is 17.5 Å². The first-order valence-electron chi connectivity index (χ1n) is 6.50. The van der Waals surface area contributed by atoms with Crippen molar-refractivity contribution < 1.29 is 19.4 Å². The highest BCUT2D eigenvalue weighted by Crippen LogP contribution is 2.37. The lowest BCUT2D eigenvalue weighted by Crippen LogP contribution is -1.98. The van der Waals surface area contributed by atoms with E-state index in [0.29, 0.717) is 15.9 Å². The minimum Gasteiger partial charge on any atom is -0.493 e. The van der Waals surface area contributed by atoms with Crippen LogP contribution in [0.25, 0.3) is 10.9 Å². The smallest absolute Gasteiger partial charge is 0.331 e. The normalized spacial score (nSPS) is 16.3. The molecule has 0 saturated carbocycles. The van der Waals surface area contributed by atoms with E-state index in [4.69, 9.17) is 11.6 Å². The Balaban J connectivity index is 1.87. The highest BCUT2D eigenvalue weighted by Gasteiger charge is 2.23. The van der Waals surface area contributed by atoms with Gasteiger partial charge in [-0.2, -0.15) is 4.99 Å². The summed E-state index contributed by atoms with van der Waals surface area (Å²) < 4.78 is 4.45. The lowest BCUT2D eigenvalue weighted by Gasteiger charge is -1.93. The summed E-state index contributed by atoms with van der Waals surface area (Å²) in [5, 5.41) is 18.8. The number of halogens is 1. The highest BCUT2D eigenvalue weighted by molar-refractivity contribution is 8.18. The van der Waals surface area contributed by atoms with Gasteiger partial charge in [-0.25, -0.2) is 4.79 Å². The predicted molar refractivity (Wildman–Crippen MR) is 89.6 cm³/mol. The van der Waals surface area contributed by atoms with Crippen LogP contribution in [0.15, 0.2) is 44.4 Å². The number of aromatic nitrogens is 1. The van der Waals surface area contributed by atoms with Crippen molar-refractivity contribution in [2.75, 3.05) is 7.11 Å². The Labute approximate surface area is 144 Å². The van der Waals surface area contributed by atoms with E-state index in [1.807, 2.05) is 0 Å². The second kappa shape index (κ2) is 6.46. The number of thioether (sulfide) groups is 1. The van der Waals surface area contributed by atoms with Crippen molar-refractivity contribution in [3.63, 3.8) is 0 Å². The fourth-order valence-electron chi connectivity index (χ4n) is 1.94. The van der Waals surface area contributed by atoms with Crippen molar-refractivity contribution in [3.8, 4) is 5.88 Å². The summed E-state index contributed by atoms with van der Waals surface area (Å²) in [7, 11) is 1.20. The first-order chi connectivity index (χ1) is 11.5. The van der Waals surface area contributed by atoms with Gasteiger partial charge in [0.25, 0.3) is 5.91 Å². The number of nitrogens with one attached hydrogen (secondary N) is 1. The molecule has 1 aliphatic rings. The summed E-state index contributed by atoms with van der Waals surface area (Å²) in [6.07, 6.45) is 1.03. The van der Waals surface area contributed by atoms with Crippen LogP contribution in [-0.2, 0) is 14.3 Å². The number of aromatic amines is 1. The molecular formula is C14H9ClN4O4S. The summed E-state index contributed by atoms with van der Waals surface area (Å²) in [6.45, 7) is 0. The number of aromatic hydroxyl groups is 1. The van der Waals surface area contributed by atoms with Gasteiger partial charge in [0.2, 0.25) is 11.0 Å². The Morgan fingerprint density at radius 2 is 2.25 bits per heavy atom. The lowest BCUT2D eigenvalue weighted by atomic mass is 10.2. The van der Waals surface area contributed by atoms with Crippen LogP contribution in [-0.4, -0.2) is 34.2 Å². The Kier molecular flexibility index (Phi) is 4.36. The summed E-state index contributed by atoms with van der Waals surface area (Å²) in [4.78, 5) is 29.3. The van der Waals surface area contributed by atoms with E-state index in [2.05, 4.69) is 24.9 Å². The SMILES string of the molecule is COC(=O)/C=C1/SC(N=Nc2c(O)[nH]c3ccc(Cl)cc23)=NC1=O. The molecule has 3 rings (SSSR count). The first-order valence-corrected chi connectivity index (χ1v) is 7.70. The molecule has 0 fully saturated rings. The molecule has 0 bridgehead atoms. The minimum atomic E-state index is -0.664. The number of hydrogen-bond acceptors (Lipinski definition) is 7. The van der Waals surface area contributed by atoms with Gasteiger partial charge in [-0.15, -0.1) is 10.2 Å². The molecule has 1 aromatic carbocycles. The number of azo groups is 1. The number of esters is 1. The predicted octanol–water partition coefficient (Wildman–Crippen LogP) is 3.30. The van der Waals surface area contributed by atoms with Crippen LogP contribution in [0, 0.1) is 0 Å². The first kappa shape index (κ1) is 16.2. The molecule has 122 valence electrons. The van der Waals surface area contributed by atoms with Gasteiger partial charge in [0.15, 0.2) is 5.69 Å². The van der Waals surface area contributed by atoms with E-state index in [1.54, 1.807) is 18.2 Å². The average molecular weight is 365 g/mol. The standard InChI is InChI=1S/C14H9ClN4O4S/c1-23-10(20)5-9-12(21)17-14(24-9)19-18-11-7-4-6(15)2-3-8(7)16-13(11)22/h2-5,16,22H,1H3/b9-5+,19-18?. The van der Waals surface area contributed by atoms with Crippen molar-refractivity contribution in [1.82, 2.24) is 4.98 Å². The molecule has 8 nitrogen and oxygen atoms in total. The number of amidine groups is 1. The highest BCUT2D eigenvalue weighted by atomic mass is 35.5. The van der Waals surface area contributed by atoms with Crippen molar-refractivity contribution in [2.24, 2.45) is 15.2 Å². The van der Waals surface area contributed by atoms with Crippen molar-refractivity contribution in [3.05, 3.63) is 34.2 Å². The minimum absolute atomic E-state index is 0.0472. The molecule has 1 aliphatic heterocycles. The molecular weight excluding hydrogens is 356 g/mol. The molecule has 1 aromatic heterocycles. The topological polar surface area (TPSA) is 116 Å². The van der Waals surface area contributed by atoms with Crippen LogP contribution in [0.2, 0.25) is 5.02 Å². The summed E-state index contributed by atoms with van der Waals surface area (Å²) in [5.74, 6) is -1.45. The second-order valence-corrected chi connectivity index (χ2v) is 5.99. The van der Waals surface area contributed by atoms with Crippen LogP contribution in [0.1, 0.15) is 0 Å². The molecule has 0 atom stereocenters. The molecule has 0 radical (unpaired) electrons. The number of carbonyl (C=O) groups is 2. The molecule has 0 unspecified atom stereocenters. The summed E-state index contributed by atoms with van der Waals surface area (Å²) >= 11 is 6.82. The second-order valence-electron chi connectivity index (χ2n) is 4.55. The zero-order chi connectivity index (χ0) is 17.3. The molecule has 0 spiro atoms. The Morgan fingerprint density at radius 3 is 3.00 bits per heavy atom. The largest absolute Gasteiger partial charge is 0.493 e. The average Bonchev–Trinajstić information content (AvgIpc) is 3.04. The number of aliphatic imine (C=N–C) groups is 1. The number of ether oxygens (including phenoxy) is 1. The number of nitrogens with zero attached hydrogens (tertiary/aromatic N) is 3. The molecule has 2 N–H and O–H groups in total. The van der Waals surface area contributed by atoms with Gasteiger partial charge in [0.1, 0.15) is 0 Å². The molecule has 2 aromatic rings. The van der Waals surface area contributed by atoms with E-state index in [9.17, 15) is 14.7 Å². The van der Waals surface area contributed by atoms with Crippen LogP contribution < -0.4 is 0 Å². The maximum atomic E-state index is 11.7. The van der Waals surface area contributed by atoms with Crippen LogP contribution >= 0.6 is 23.4 Å². The number of benzene rings is 1. The molecule has 0 aliphatic carbocycles. The molecule has 2 heterocycles. The Bertz CT molecular complexity index is 948. The van der Waals surface area contributed by atoms with Crippen LogP contribution in [0.5, 0.6) is 5.88 Å². The maximum absolute atomic E-state index is 11.7. The Hall–Kier alpha value is -2.65. The van der Waals surface area contributed by atoms with E-state index in [-0.39, 0.29) is 21.6 Å². The molecule has 1 amide bonds. The van der Waals surface area contributed by atoms with Gasteiger partial charge in [-0.05, 0) is 30.0 Å². The van der Waals surface area contributed by atoms with E-state index < -0.39 is 11.9 Å². The van der Waals surface area contributed by atoms with Gasteiger partial charge < -0.3 is 14.8 Å². The zero-order valence-corrected chi connectivity index (χ0v) is 13.7. The third-order valence-electron chi connectivity index (χ3n) is 3.01. The number of rotatable bonds is 2. The number of carbonyl (C=O) groups excluding carboxylic acids is 2. The number of fused-ring (bicyclic) bond motifs is 1.